The molecular weight excluding hydrogens is 929 g/mol. The Bertz CT molecular complexity index is 2070. The summed E-state index contributed by atoms with van der Waals surface area (Å²) >= 11 is 0. The van der Waals surface area contributed by atoms with Crippen LogP contribution in [-0.4, -0.2) is 116 Å². The second-order valence-electron chi connectivity index (χ2n) is 21.3. The molecule has 3 N–H and O–H groups in total. The Hall–Kier alpha value is -4.53. The molecular formula is C51H83B2FN2O12Si2. The molecule has 0 saturated carbocycles. The summed E-state index contributed by atoms with van der Waals surface area (Å²) in [4.78, 5) is 49.0. The van der Waals surface area contributed by atoms with E-state index in [1.165, 1.54) is 0 Å². The molecule has 2 saturated heterocycles. The topological polar surface area (TPSA) is 177 Å². The van der Waals surface area contributed by atoms with Crippen LogP contribution in [0.15, 0.2) is 78.9 Å². The summed E-state index contributed by atoms with van der Waals surface area (Å²) < 4.78 is 49.9. The Kier molecular flexibility index (Phi) is 24.3. The van der Waals surface area contributed by atoms with Crippen molar-refractivity contribution < 1.29 is 61.5 Å². The Morgan fingerprint density at radius 3 is 1.23 bits per heavy atom. The first kappa shape index (κ1) is 63.5. The molecule has 0 radical (unpaired) electrons. The van der Waals surface area contributed by atoms with Crippen LogP contribution < -0.4 is 26.3 Å². The summed E-state index contributed by atoms with van der Waals surface area (Å²) in [5.41, 5.74) is 1.19. The highest BCUT2D eigenvalue weighted by atomic mass is 28.3. The van der Waals surface area contributed by atoms with Crippen LogP contribution in [0.2, 0.25) is 51.4 Å². The zero-order valence-corrected chi connectivity index (χ0v) is 44.9. The number of amides is 2. The maximum absolute atomic E-state index is 13.1. The fourth-order valence-corrected chi connectivity index (χ4v) is 7.89. The number of ether oxygens (including phenoxy) is 3. The zero-order chi connectivity index (χ0) is 51.3. The number of alkyl halides is 1. The molecule has 2 unspecified atom stereocenters. The number of para-hydroxylation sites is 1. The number of esters is 1. The van der Waals surface area contributed by atoms with Crippen molar-refractivity contribution in [3.63, 3.8) is 0 Å². The van der Waals surface area contributed by atoms with Gasteiger partial charge in [0.25, 0.3) is 0 Å². The summed E-state index contributed by atoms with van der Waals surface area (Å²) in [6.07, 6.45) is -1.13. The van der Waals surface area contributed by atoms with Gasteiger partial charge < -0.3 is 48.6 Å². The van der Waals surface area contributed by atoms with Crippen molar-refractivity contribution in [3.05, 3.63) is 90.0 Å². The van der Waals surface area contributed by atoms with Crippen molar-refractivity contribution in [2.24, 2.45) is 0 Å². The van der Waals surface area contributed by atoms with Crippen LogP contribution >= 0.6 is 0 Å². The van der Waals surface area contributed by atoms with E-state index in [0.717, 1.165) is 23.0 Å². The van der Waals surface area contributed by atoms with Crippen molar-refractivity contribution in [3.8, 4) is 5.75 Å². The van der Waals surface area contributed by atoms with Gasteiger partial charge in [0, 0.05) is 29.2 Å². The van der Waals surface area contributed by atoms with Gasteiger partial charge in [-0.1, -0.05) is 121 Å². The van der Waals surface area contributed by atoms with E-state index in [0.29, 0.717) is 37.3 Å². The molecule has 5 rings (SSSR count). The molecule has 14 nitrogen and oxygen atoms in total. The van der Waals surface area contributed by atoms with Crippen molar-refractivity contribution in [1.82, 2.24) is 10.6 Å². The number of alkyl carbamates (subject to hydrolysis) is 2. The van der Waals surface area contributed by atoms with Crippen LogP contribution in [0, 0.1) is 0 Å². The highest BCUT2D eigenvalue weighted by Crippen LogP contribution is 2.37. The number of carboxylic acid groups (broad SMARTS) is 1. The minimum atomic E-state index is -1.32. The lowest BCUT2D eigenvalue weighted by atomic mass is 9.78. The Morgan fingerprint density at radius 1 is 0.571 bits per heavy atom. The van der Waals surface area contributed by atoms with Gasteiger partial charge >= 0.3 is 38.4 Å². The molecule has 390 valence electrons. The number of nitrogens with one attached hydrogen (secondary N) is 2. The summed E-state index contributed by atoms with van der Waals surface area (Å²) in [5, 5.41) is 14.9. The Morgan fingerprint density at radius 2 is 0.900 bits per heavy atom. The summed E-state index contributed by atoms with van der Waals surface area (Å²) in [7, 11) is -3.12. The predicted molar refractivity (Wildman–Crippen MR) is 285 cm³/mol. The Labute approximate surface area is 421 Å². The molecule has 70 heavy (non-hydrogen) atoms. The normalized spacial score (nSPS) is 17.0. The van der Waals surface area contributed by atoms with Gasteiger partial charge in [-0.3, -0.25) is 14.0 Å². The highest BCUT2D eigenvalue weighted by molar-refractivity contribution is 6.76. The monoisotopic (exact) mass is 1010 g/mol. The molecule has 2 aliphatic rings. The van der Waals surface area contributed by atoms with Crippen LogP contribution in [0.1, 0.15) is 93.2 Å². The van der Waals surface area contributed by atoms with Crippen LogP contribution in [-0.2, 0) is 37.7 Å². The quantitative estimate of drug-likeness (QED) is 0.0664. The van der Waals surface area contributed by atoms with E-state index in [1.807, 2.05) is 85.7 Å². The maximum atomic E-state index is 13.1. The first-order valence-corrected chi connectivity index (χ1v) is 30.5. The average Bonchev–Trinajstić information content (AvgIpc) is 3.60. The molecule has 2 aliphatic heterocycles. The van der Waals surface area contributed by atoms with Gasteiger partial charge in [0.1, 0.15) is 5.75 Å². The number of hydrogen-bond donors (Lipinski definition) is 3. The standard InChI is InChI=1S/C27H38BNO6Si.C21H34BNO6Si.CH3F.2CH4/c1-26(2)27(3,4)35-28(34-26)21-15-13-20(14-16-21)23(24(30)33-22-11-9-8-10-12-22)19-29-25(31)32-17-18-36(5,6)7;1-20(2)21(3,4)29-22(28-20)16-10-8-15(9-11-16)17(18(24)25)14-23-19(26)27-12-13-30(5,6)7;1-2;;/h8-16,23H,17-19H2,1-7H3,(H,29,31);8-11,17H,12-14H2,1-7H3,(H,23,26)(H,24,25);1H3;2*1H4. The third-order valence-corrected chi connectivity index (χ3v) is 15.8. The average molecular weight is 1010 g/mol. The van der Waals surface area contributed by atoms with E-state index in [4.69, 9.17) is 32.8 Å². The molecule has 2 heterocycles. The van der Waals surface area contributed by atoms with Crippen LogP contribution in [0.3, 0.4) is 0 Å². The fraction of sp³-hybridized carbons (Fsp3) is 0.569. The zero-order valence-electron chi connectivity index (χ0n) is 42.9. The number of rotatable bonds is 17. The fourth-order valence-electron chi connectivity index (χ4n) is 6.46. The molecule has 0 bridgehead atoms. The van der Waals surface area contributed by atoms with Crippen molar-refractivity contribution in [2.75, 3.05) is 33.5 Å². The van der Waals surface area contributed by atoms with Gasteiger partial charge in [-0.05, 0) is 102 Å². The first-order chi connectivity index (χ1) is 31.5. The Balaban J connectivity index is 0.000000668. The number of hydrogen-bond acceptors (Lipinski definition) is 11. The van der Waals surface area contributed by atoms with E-state index in [-0.39, 0.29) is 27.9 Å². The van der Waals surface area contributed by atoms with Crippen molar-refractivity contribution >= 4 is 65.4 Å². The van der Waals surface area contributed by atoms with Gasteiger partial charge in [0.05, 0.1) is 54.6 Å². The van der Waals surface area contributed by atoms with Gasteiger partial charge in [-0.2, -0.15) is 0 Å². The van der Waals surface area contributed by atoms with Crippen LogP contribution in [0.25, 0.3) is 0 Å². The second kappa shape index (κ2) is 26.8. The van der Waals surface area contributed by atoms with Crippen LogP contribution in [0.5, 0.6) is 5.75 Å². The third kappa shape index (κ3) is 19.2. The molecule has 19 heteroatoms. The third-order valence-electron chi connectivity index (χ3n) is 12.3. The number of carbonyl (C=O) groups excluding carboxylic acids is 3. The largest absolute Gasteiger partial charge is 0.494 e. The molecule has 2 fully saturated rings. The maximum Gasteiger partial charge on any atom is 0.494 e. The van der Waals surface area contributed by atoms with Crippen molar-refractivity contribution in [2.45, 2.75) is 156 Å². The number of carboxylic acids is 1. The lowest BCUT2D eigenvalue weighted by molar-refractivity contribution is -0.139. The summed E-state index contributed by atoms with van der Waals surface area (Å²) in [6, 6.07) is 25.1. The van der Waals surface area contributed by atoms with Crippen molar-refractivity contribution in [1.29, 1.82) is 0 Å². The van der Waals surface area contributed by atoms with Crippen LogP contribution in [0.4, 0.5) is 14.0 Å². The van der Waals surface area contributed by atoms with E-state index in [2.05, 4.69) is 49.9 Å². The molecule has 0 aromatic heterocycles. The van der Waals surface area contributed by atoms with Gasteiger partial charge in [0.2, 0.25) is 0 Å². The molecule has 2 amide bonds. The summed E-state index contributed by atoms with van der Waals surface area (Å²) in [5.74, 6) is -2.63. The lowest BCUT2D eigenvalue weighted by Crippen LogP contribution is -2.41. The van der Waals surface area contributed by atoms with Gasteiger partial charge in [0.15, 0.2) is 0 Å². The van der Waals surface area contributed by atoms with Gasteiger partial charge in [-0.25, -0.2) is 9.59 Å². The minimum absolute atomic E-state index is 0. The van der Waals surface area contributed by atoms with E-state index < -0.39 is 88.7 Å². The smallest absolute Gasteiger partial charge is 0.481 e. The van der Waals surface area contributed by atoms with E-state index in [1.54, 1.807) is 48.5 Å². The molecule has 0 spiro atoms. The molecule has 3 aromatic carbocycles. The number of halogens is 1. The van der Waals surface area contributed by atoms with E-state index in [9.17, 15) is 28.7 Å². The number of aliphatic carboxylic acids is 1. The summed E-state index contributed by atoms with van der Waals surface area (Å²) in [6.45, 7) is 29.9. The molecule has 2 atom stereocenters. The first-order valence-electron chi connectivity index (χ1n) is 23.1. The molecule has 0 aliphatic carbocycles. The molecule has 3 aromatic rings. The van der Waals surface area contributed by atoms with Gasteiger partial charge in [-0.15, -0.1) is 0 Å². The predicted octanol–water partition coefficient (Wildman–Crippen LogP) is 9.82. The number of benzene rings is 3. The lowest BCUT2D eigenvalue weighted by Gasteiger charge is -2.32. The van der Waals surface area contributed by atoms with E-state index >= 15 is 0 Å². The SMILES string of the molecule is C.C.CC1(C)OB(c2ccc(C(CNC(=O)OCC[Si](C)(C)C)C(=O)O)cc2)OC1(C)C.CC1(C)OB(c2ccc(C(CNC(=O)OCC[Si](C)(C)C)C(=O)Oc3ccccc3)cc2)OC1(C)C.CF. The highest BCUT2D eigenvalue weighted by Gasteiger charge is 2.52. The second-order valence-corrected chi connectivity index (χ2v) is 32.6. The number of carbonyl (C=O) groups is 4. The minimum Gasteiger partial charge on any atom is -0.481 e.